The Balaban J connectivity index is 2.29. The van der Waals surface area contributed by atoms with Crippen LogP contribution < -0.4 is 5.32 Å². The van der Waals surface area contributed by atoms with Crippen molar-refractivity contribution < 1.29 is 9.90 Å². The van der Waals surface area contributed by atoms with Crippen LogP contribution in [0.1, 0.15) is 36.9 Å². The number of carbonyl (C=O) groups is 1. The Hall–Kier alpha value is -1.35. The highest BCUT2D eigenvalue weighted by atomic mass is 16.4. The van der Waals surface area contributed by atoms with Gasteiger partial charge in [0.15, 0.2) is 0 Å². The summed E-state index contributed by atoms with van der Waals surface area (Å²) in [6, 6.07) is 7.88. The largest absolute Gasteiger partial charge is 0.480 e. The predicted octanol–water partition coefficient (Wildman–Crippen LogP) is 2.13. The number of carboxylic acid groups (broad SMARTS) is 1. The number of fused-ring (bicyclic) bond motifs is 1. The topological polar surface area (TPSA) is 49.3 Å². The molecule has 2 atom stereocenters. The van der Waals surface area contributed by atoms with E-state index in [1.54, 1.807) is 0 Å². The molecular formula is C13H17NO2. The molecule has 2 rings (SSSR count). The minimum Gasteiger partial charge on any atom is -0.480 e. The zero-order chi connectivity index (χ0) is 11.5. The van der Waals surface area contributed by atoms with Crippen LogP contribution in [0.2, 0.25) is 0 Å². The lowest BCUT2D eigenvalue weighted by Crippen LogP contribution is -2.44. The molecule has 0 saturated heterocycles. The van der Waals surface area contributed by atoms with E-state index in [4.69, 9.17) is 5.11 Å². The van der Waals surface area contributed by atoms with Crippen molar-refractivity contribution in [3.63, 3.8) is 0 Å². The fraction of sp³-hybridized carbons (Fsp3) is 0.462. The summed E-state index contributed by atoms with van der Waals surface area (Å²) in [5.41, 5.74) is 2.44. The van der Waals surface area contributed by atoms with Crippen LogP contribution in [-0.2, 0) is 11.2 Å². The zero-order valence-corrected chi connectivity index (χ0v) is 9.44. The Morgan fingerprint density at radius 2 is 2.25 bits per heavy atom. The van der Waals surface area contributed by atoms with Crippen LogP contribution in [0.4, 0.5) is 0 Å². The maximum absolute atomic E-state index is 11.1. The number of benzene rings is 1. The first-order chi connectivity index (χ1) is 7.72. The molecule has 0 bridgehead atoms. The Morgan fingerprint density at radius 1 is 1.50 bits per heavy atom. The van der Waals surface area contributed by atoms with Gasteiger partial charge in [-0.3, -0.25) is 10.1 Å². The van der Waals surface area contributed by atoms with Gasteiger partial charge in [-0.1, -0.05) is 37.6 Å². The third kappa shape index (κ3) is 2.09. The van der Waals surface area contributed by atoms with E-state index in [1.165, 1.54) is 11.1 Å². The highest BCUT2D eigenvalue weighted by Gasteiger charge is 2.29. The number of hydrogen-bond donors (Lipinski definition) is 2. The van der Waals surface area contributed by atoms with Crippen molar-refractivity contribution in [2.24, 2.45) is 0 Å². The fourth-order valence-corrected chi connectivity index (χ4v) is 2.36. The lowest BCUT2D eigenvalue weighted by atomic mass is 9.88. The summed E-state index contributed by atoms with van der Waals surface area (Å²) >= 11 is 0. The average molecular weight is 219 g/mol. The molecule has 0 aliphatic carbocycles. The predicted molar refractivity (Wildman–Crippen MR) is 62.4 cm³/mol. The summed E-state index contributed by atoms with van der Waals surface area (Å²) in [5.74, 6) is -0.754. The van der Waals surface area contributed by atoms with Crippen molar-refractivity contribution in [2.75, 3.05) is 0 Å². The van der Waals surface area contributed by atoms with Gasteiger partial charge in [-0.05, 0) is 24.0 Å². The minimum absolute atomic E-state index is 0.191. The third-order valence-electron chi connectivity index (χ3n) is 3.13. The van der Waals surface area contributed by atoms with E-state index < -0.39 is 12.0 Å². The molecule has 1 aromatic carbocycles. The van der Waals surface area contributed by atoms with Gasteiger partial charge >= 0.3 is 5.97 Å². The van der Waals surface area contributed by atoms with E-state index in [2.05, 4.69) is 18.3 Å². The molecule has 16 heavy (non-hydrogen) atoms. The maximum atomic E-state index is 11.1. The molecule has 0 fully saturated rings. The van der Waals surface area contributed by atoms with Crippen LogP contribution in [0, 0.1) is 0 Å². The molecule has 2 N–H and O–H groups in total. The standard InChI is InChI=1S/C13H17NO2/c1-2-5-11-10-7-4-3-6-9(10)8-12(14-11)13(15)16/h3-4,6-7,11-12,14H,2,5,8H2,1H3,(H,15,16)/t11-,12?/m0/s1. The van der Waals surface area contributed by atoms with E-state index in [-0.39, 0.29) is 6.04 Å². The van der Waals surface area contributed by atoms with Crippen LogP contribution >= 0.6 is 0 Å². The van der Waals surface area contributed by atoms with E-state index in [9.17, 15) is 4.79 Å². The quantitative estimate of drug-likeness (QED) is 0.818. The number of nitrogens with one attached hydrogen (secondary N) is 1. The molecule has 0 saturated carbocycles. The second-order valence-corrected chi connectivity index (χ2v) is 4.30. The van der Waals surface area contributed by atoms with Gasteiger partial charge in [0.1, 0.15) is 6.04 Å². The summed E-state index contributed by atoms with van der Waals surface area (Å²) in [6.45, 7) is 2.12. The van der Waals surface area contributed by atoms with Gasteiger partial charge in [-0.25, -0.2) is 0 Å². The SMILES string of the molecule is CCC[C@@H]1NC(C(=O)O)Cc2ccccc21. The summed E-state index contributed by atoms with van der Waals surface area (Å²) in [7, 11) is 0. The van der Waals surface area contributed by atoms with Crippen molar-refractivity contribution in [1.29, 1.82) is 0 Å². The zero-order valence-electron chi connectivity index (χ0n) is 9.44. The van der Waals surface area contributed by atoms with Crippen LogP contribution in [-0.4, -0.2) is 17.1 Å². The maximum Gasteiger partial charge on any atom is 0.321 e. The highest BCUT2D eigenvalue weighted by molar-refractivity contribution is 5.74. The smallest absolute Gasteiger partial charge is 0.321 e. The number of carboxylic acids is 1. The van der Waals surface area contributed by atoms with Crippen LogP contribution in [0.3, 0.4) is 0 Å². The number of rotatable bonds is 3. The molecule has 1 aliphatic heterocycles. The molecule has 0 radical (unpaired) electrons. The van der Waals surface area contributed by atoms with Gasteiger partial charge < -0.3 is 5.11 Å². The number of hydrogen-bond acceptors (Lipinski definition) is 2. The molecule has 1 unspecified atom stereocenters. The van der Waals surface area contributed by atoms with Gasteiger partial charge in [0.05, 0.1) is 0 Å². The molecule has 0 spiro atoms. The lowest BCUT2D eigenvalue weighted by Gasteiger charge is -2.31. The third-order valence-corrected chi connectivity index (χ3v) is 3.13. The van der Waals surface area contributed by atoms with Crippen molar-refractivity contribution in [3.05, 3.63) is 35.4 Å². The van der Waals surface area contributed by atoms with Crippen LogP contribution in [0.25, 0.3) is 0 Å². The first kappa shape index (κ1) is 11.1. The fourth-order valence-electron chi connectivity index (χ4n) is 2.36. The molecular weight excluding hydrogens is 202 g/mol. The monoisotopic (exact) mass is 219 g/mol. The molecule has 1 heterocycles. The average Bonchev–Trinajstić information content (AvgIpc) is 2.29. The summed E-state index contributed by atoms with van der Waals surface area (Å²) < 4.78 is 0. The van der Waals surface area contributed by atoms with Gasteiger partial charge in [-0.2, -0.15) is 0 Å². The van der Waals surface area contributed by atoms with Gasteiger partial charge in [0.25, 0.3) is 0 Å². The first-order valence-corrected chi connectivity index (χ1v) is 5.79. The molecule has 0 amide bonds. The molecule has 0 aromatic heterocycles. The second-order valence-electron chi connectivity index (χ2n) is 4.30. The Labute approximate surface area is 95.5 Å². The Kier molecular flexibility index (Phi) is 3.25. The Morgan fingerprint density at radius 3 is 2.94 bits per heavy atom. The van der Waals surface area contributed by atoms with Crippen molar-refractivity contribution in [3.8, 4) is 0 Å². The minimum atomic E-state index is -0.754. The molecule has 1 aromatic rings. The van der Waals surface area contributed by atoms with Crippen LogP contribution in [0.15, 0.2) is 24.3 Å². The lowest BCUT2D eigenvalue weighted by molar-refractivity contribution is -0.139. The molecule has 1 aliphatic rings. The van der Waals surface area contributed by atoms with Gasteiger partial charge in [0.2, 0.25) is 0 Å². The van der Waals surface area contributed by atoms with E-state index >= 15 is 0 Å². The van der Waals surface area contributed by atoms with Crippen molar-refractivity contribution >= 4 is 5.97 Å². The molecule has 86 valence electrons. The van der Waals surface area contributed by atoms with Crippen molar-refractivity contribution in [2.45, 2.75) is 38.3 Å². The number of aliphatic carboxylic acids is 1. The summed E-state index contributed by atoms with van der Waals surface area (Å²) in [6.07, 6.45) is 2.63. The van der Waals surface area contributed by atoms with E-state index in [0.717, 1.165) is 12.8 Å². The summed E-state index contributed by atoms with van der Waals surface area (Å²) in [4.78, 5) is 11.1. The van der Waals surface area contributed by atoms with Crippen molar-refractivity contribution in [1.82, 2.24) is 5.32 Å². The normalized spacial score (nSPS) is 23.8. The van der Waals surface area contributed by atoms with Gasteiger partial charge in [-0.15, -0.1) is 0 Å². The summed E-state index contributed by atoms with van der Waals surface area (Å²) in [5, 5.41) is 12.3. The highest BCUT2D eigenvalue weighted by Crippen LogP contribution is 2.28. The first-order valence-electron chi connectivity index (χ1n) is 5.79. The van der Waals surface area contributed by atoms with Gasteiger partial charge in [0, 0.05) is 6.04 Å². The Bertz CT molecular complexity index is 389. The van der Waals surface area contributed by atoms with Crippen LogP contribution in [0.5, 0.6) is 0 Å². The molecule has 3 nitrogen and oxygen atoms in total. The van der Waals surface area contributed by atoms with E-state index in [1.807, 2.05) is 18.2 Å². The van der Waals surface area contributed by atoms with E-state index in [0.29, 0.717) is 6.42 Å². The molecule has 3 heteroatoms. The second kappa shape index (κ2) is 4.66.